The zero-order valence-electron chi connectivity index (χ0n) is 9.16. The van der Waals surface area contributed by atoms with Gasteiger partial charge in [-0.1, -0.05) is 0 Å². The predicted octanol–water partition coefficient (Wildman–Crippen LogP) is 0.138. The molecule has 1 amide bonds. The predicted molar refractivity (Wildman–Crippen MR) is 61.2 cm³/mol. The number of hydrogen-bond acceptors (Lipinski definition) is 5. The highest BCUT2D eigenvalue weighted by atomic mass is 32.1. The minimum absolute atomic E-state index is 0.0962. The molecule has 1 aliphatic rings. The molecular formula is C10H15N3O2S. The normalized spacial score (nSPS) is 17.8. The van der Waals surface area contributed by atoms with E-state index in [2.05, 4.69) is 15.6 Å². The minimum atomic E-state index is -0.169. The summed E-state index contributed by atoms with van der Waals surface area (Å²) >= 11 is 1.52. The fourth-order valence-electron chi connectivity index (χ4n) is 1.38. The molecule has 88 valence electrons. The molecule has 0 radical (unpaired) electrons. The number of nitrogens with zero attached hydrogens (tertiary/aromatic N) is 1. The Hall–Kier alpha value is -0.980. The Morgan fingerprint density at radius 3 is 3.12 bits per heavy atom. The molecule has 2 heterocycles. The van der Waals surface area contributed by atoms with Crippen LogP contribution >= 0.6 is 11.3 Å². The van der Waals surface area contributed by atoms with Crippen molar-refractivity contribution in [2.45, 2.75) is 19.1 Å². The van der Waals surface area contributed by atoms with Crippen LogP contribution in [0, 0.1) is 0 Å². The van der Waals surface area contributed by atoms with Crippen molar-refractivity contribution in [2.75, 3.05) is 19.7 Å². The van der Waals surface area contributed by atoms with Crippen LogP contribution in [0.2, 0.25) is 0 Å². The molecular weight excluding hydrogens is 226 g/mol. The first-order valence-electron chi connectivity index (χ1n) is 5.16. The molecule has 1 fully saturated rings. The van der Waals surface area contributed by atoms with Gasteiger partial charge in [-0.3, -0.25) is 4.79 Å². The van der Waals surface area contributed by atoms with E-state index in [9.17, 15) is 4.79 Å². The Balaban J connectivity index is 1.65. The Morgan fingerprint density at radius 2 is 2.56 bits per heavy atom. The van der Waals surface area contributed by atoms with Gasteiger partial charge in [0.2, 0.25) is 5.91 Å². The third-order valence-corrected chi connectivity index (χ3v) is 3.14. The molecule has 6 heteroatoms. The molecule has 16 heavy (non-hydrogen) atoms. The van der Waals surface area contributed by atoms with Gasteiger partial charge in [-0.25, -0.2) is 4.98 Å². The summed E-state index contributed by atoms with van der Waals surface area (Å²) < 4.78 is 5.50. The molecule has 1 saturated heterocycles. The van der Waals surface area contributed by atoms with Gasteiger partial charge in [0.15, 0.2) is 0 Å². The molecule has 0 saturated carbocycles. The summed E-state index contributed by atoms with van der Waals surface area (Å²) in [6, 6.07) is 0. The zero-order valence-corrected chi connectivity index (χ0v) is 9.97. The average Bonchev–Trinajstić information content (AvgIpc) is 2.73. The molecule has 5 nitrogen and oxygen atoms in total. The van der Waals surface area contributed by atoms with E-state index in [-0.39, 0.29) is 18.1 Å². The van der Waals surface area contributed by atoms with E-state index in [0.717, 1.165) is 18.8 Å². The maximum absolute atomic E-state index is 11.4. The second-order valence-corrected chi connectivity index (χ2v) is 4.82. The Labute approximate surface area is 98.2 Å². The lowest BCUT2D eigenvalue weighted by atomic mass is 10.0. The van der Waals surface area contributed by atoms with Crippen molar-refractivity contribution in [2.24, 2.45) is 0 Å². The quantitative estimate of drug-likeness (QED) is 0.769. The van der Waals surface area contributed by atoms with Gasteiger partial charge in [0.05, 0.1) is 23.4 Å². The molecule has 0 aromatic carbocycles. The number of carbonyl (C=O) groups excluding carboxylic acids is 1. The van der Waals surface area contributed by atoms with Crippen molar-refractivity contribution >= 4 is 17.2 Å². The van der Waals surface area contributed by atoms with Crippen LogP contribution in [0.3, 0.4) is 0 Å². The SMILES string of the molecule is CC1(OCC(=O)NCc2cscn2)CNC1. The Bertz CT molecular complexity index is 349. The summed E-state index contributed by atoms with van der Waals surface area (Å²) in [6.45, 7) is 4.21. The van der Waals surface area contributed by atoms with E-state index >= 15 is 0 Å². The third kappa shape index (κ3) is 3.01. The van der Waals surface area contributed by atoms with E-state index < -0.39 is 0 Å². The summed E-state index contributed by atoms with van der Waals surface area (Å²) in [5, 5.41) is 7.80. The fourth-order valence-corrected chi connectivity index (χ4v) is 1.94. The molecule has 0 atom stereocenters. The van der Waals surface area contributed by atoms with Crippen LogP contribution in [-0.2, 0) is 16.1 Å². The molecule has 1 aromatic heterocycles. The van der Waals surface area contributed by atoms with E-state index in [1.54, 1.807) is 5.51 Å². The lowest BCUT2D eigenvalue weighted by Crippen LogP contribution is -2.59. The molecule has 1 aliphatic heterocycles. The first kappa shape index (κ1) is 11.5. The van der Waals surface area contributed by atoms with Crippen LogP contribution in [0.25, 0.3) is 0 Å². The van der Waals surface area contributed by atoms with Crippen molar-refractivity contribution in [3.05, 3.63) is 16.6 Å². The molecule has 2 N–H and O–H groups in total. The highest BCUT2D eigenvalue weighted by molar-refractivity contribution is 7.07. The minimum Gasteiger partial charge on any atom is -0.363 e. The van der Waals surface area contributed by atoms with Crippen LogP contribution in [0.15, 0.2) is 10.9 Å². The smallest absolute Gasteiger partial charge is 0.246 e. The van der Waals surface area contributed by atoms with Crippen molar-refractivity contribution in [3.8, 4) is 0 Å². The third-order valence-electron chi connectivity index (χ3n) is 2.50. The molecule has 0 unspecified atom stereocenters. The van der Waals surface area contributed by atoms with Crippen molar-refractivity contribution in [1.82, 2.24) is 15.6 Å². The number of rotatable bonds is 5. The number of aromatic nitrogens is 1. The standard InChI is InChI=1S/C10H15N3O2S/c1-10(5-11-6-10)15-3-9(14)12-2-8-4-16-7-13-8/h4,7,11H,2-3,5-6H2,1H3,(H,12,14). The summed E-state index contributed by atoms with van der Waals surface area (Å²) in [7, 11) is 0. The molecule has 1 aromatic rings. The van der Waals surface area contributed by atoms with E-state index in [4.69, 9.17) is 4.74 Å². The van der Waals surface area contributed by atoms with E-state index in [0.29, 0.717) is 6.54 Å². The molecule has 0 aliphatic carbocycles. The van der Waals surface area contributed by atoms with Gasteiger partial charge in [0.1, 0.15) is 6.61 Å². The highest BCUT2D eigenvalue weighted by Gasteiger charge is 2.32. The maximum atomic E-state index is 11.4. The van der Waals surface area contributed by atoms with Crippen LogP contribution < -0.4 is 10.6 Å². The Kier molecular flexibility index (Phi) is 3.52. The largest absolute Gasteiger partial charge is 0.363 e. The van der Waals surface area contributed by atoms with Gasteiger partial charge in [-0.15, -0.1) is 11.3 Å². The molecule has 0 spiro atoms. The molecule has 2 rings (SSSR count). The fraction of sp³-hybridized carbons (Fsp3) is 0.600. The monoisotopic (exact) mass is 241 g/mol. The zero-order chi connectivity index (χ0) is 11.4. The first-order valence-corrected chi connectivity index (χ1v) is 6.11. The van der Waals surface area contributed by atoms with Crippen LogP contribution in [0.1, 0.15) is 12.6 Å². The van der Waals surface area contributed by atoms with E-state index in [1.165, 1.54) is 11.3 Å². The number of ether oxygens (including phenoxy) is 1. The van der Waals surface area contributed by atoms with Crippen molar-refractivity contribution in [3.63, 3.8) is 0 Å². The Morgan fingerprint density at radius 1 is 1.75 bits per heavy atom. The number of thiazole rings is 1. The second kappa shape index (κ2) is 4.90. The summed E-state index contributed by atoms with van der Waals surface area (Å²) in [5.74, 6) is -0.0962. The lowest BCUT2D eigenvalue weighted by Gasteiger charge is -2.38. The number of hydrogen-bond donors (Lipinski definition) is 2. The second-order valence-electron chi connectivity index (χ2n) is 4.10. The van der Waals surface area contributed by atoms with Gasteiger partial charge in [-0.2, -0.15) is 0 Å². The number of carbonyl (C=O) groups is 1. The number of amides is 1. The van der Waals surface area contributed by atoms with Gasteiger partial charge in [-0.05, 0) is 6.92 Å². The summed E-state index contributed by atoms with van der Waals surface area (Å²) in [4.78, 5) is 15.5. The van der Waals surface area contributed by atoms with Crippen LogP contribution in [0.5, 0.6) is 0 Å². The van der Waals surface area contributed by atoms with Crippen LogP contribution in [-0.4, -0.2) is 36.2 Å². The van der Waals surface area contributed by atoms with Crippen molar-refractivity contribution < 1.29 is 9.53 Å². The first-order chi connectivity index (χ1) is 7.68. The van der Waals surface area contributed by atoms with E-state index in [1.807, 2.05) is 12.3 Å². The van der Waals surface area contributed by atoms with Gasteiger partial charge >= 0.3 is 0 Å². The maximum Gasteiger partial charge on any atom is 0.246 e. The lowest BCUT2D eigenvalue weighted by molar-refractivity contribution is -0.136. The number of nitrogens with one attached hydrogen (secondary N) is 2. The molecule has 0 bridgehead atoms. The topological polar surface area (TPSA) is 63.2 Å². The highest BCUT2D eigenvalue weighted by Crippen LogP contribution is 2.14. The van der Waals surface area contributed by atoms with Gasteiger partial charge in [0, 0.05) is 18.5 Å². The van der Waals surface area contributed by atoms with Crippen molar-refractivity contribution in [1.29, 1.82) is 0 Å². The average molecular weight is 241 g/mol. The van der Waals surface area contributed by atoms with Crippen LogP contribution in [0.4, 0.5) is 0 Å². The summed E-state index contributed by atoms with van der Waals surface area (Å²) in [5.41, 5.74) is 2.46. The summed E-state index contributed by atoms with van der Waals surface area (Å²) in [6.07, 6.45) is 0. The van der Waals surface area contributed by atoms with Gasteiger partial charge < -0.3 is 15.4 Å². The van der Waals surface area contributed by atoms with Gasteiger partial charge in [0.25, 0.3) is 0 Å².